The molecule has 0 amide bonds. The molecule has 0 aliphatic carbocycles. The third-order valence-electron chi connectivity index (χ3n) is 3.27. The first-order valence-electron chi connectivity index (χ1n) is 6.64. The topological polar surface area (TPSA) is 62.3 Å². The highest BCUT2D eigenvalue weighted by Gasteiger charge is 2.21. The Kier molecular flexibility index (Phi) is 4.74. The Bertz CT molecular complexity index is 359. The van der Waals surface area contributed by atoms with E-state index in [1.54, 1.807) is 4.68 Å². The lowest BCUT2D eigenvalue weighted by Crippen LogP contribution is -2.31. The summed E-state index contributed by atoms with van der Waals surface area (Å²) in [6.45, 7) is 3.42. The molecule has 3 unspecified atom stereocenters. The molecule has 2 N–H and O–H groups in total. The molecule has 0 bridgehead atoms. The third-order valence-corrected chi connectivity index (χ3v) is 3.27. The molecular formula is C13H23N3O2. The maximum Gasteiger partial charge on any atom is 0.100 e. The number of hydrogen-bond donors (Lipinski definition) is 1. The molecule has 1 aromatic heterocycles. The number of rotatable bonds is 5. The molecule has 1 aliphatic rings. The van der Waals surface area contributed by atoms with Crippen molar-refractivity contribution in [3.8, 4) is 0 Å². The van der Waals surface area contributed by atoms with Crippen molar-refractivity contribution in [2.45, 2.75) is 44.4 Å². The predicted octanol–water partition coefficient (Wildman–Crippen LogP) is 1.39. The Hall–Kier alpha value is -0.910. The summed E-state index contributed by atoms with van der Waals surface area (Å²) in [5, 5.41) is 4.16. The first-order chi connectivity index (χ1) is 8.66. The second-order valence-electron chi connectivity index (χ2n) is 5.05. The maximum atomic E-state index is 5.99. The van der Waals surface area contributed by atoms with Gasteiger partial charge in [-0.3, -0.25) is 4.68 Å². The van der Waals surface area contributed by atoms with E-state index in [-0.39, 0.29) is 18.2 Å². The minimum Gasteiger partial charge on any atom is -0.376 e. The first kappa shape index (κ1) is 13.5. The molecular weight excluding hydrogens is 230 g/mol. The van der Waals surface area contributed by atoms with Gasteiger partial charge in [-0.2, -0.15) is 5.10 Å². The van der Waals surface area contributed by atoms with Gasteiger partial charge >= 0.3 is 0 Å². The summed E-state index contributed by atoms with van der Waals surface area (Å²) in [7, 11) is 1.89. The fourth-order valence-electron chi connectivity index (χ4n) is 2.29. The summed E-state index contributed by atoms with van der Waals surface area (Å²) in [5.41, 5.74) is 7.02. The van der Waals surface area contributed by atoms with Gasteiger partial charge in [-0.05, 0) is 26.2 Å². The van der Waals surface area contributed by atoms with Crippen molar-refractivity contribution in [3.63, 3.8) is 0 Å². The fraction of sp³-hybridized carbons (Fsp3) is 0.769. The van der Waals surface area contributed by atoms with Crippen LogP contribution in [0.3, 0.4) is 0 Å². The molecule has 1 fully saturated rings. The molecule has 18 heavy (non-hydrogen) atoms. The van der Waals surface area contributed by atoms with E-state index in [4.69, 9.17) is 15.2 Å². The molecule has 0 aromatic carbocycles. The van der Waals surface area contributed by atoms with Crippen LogP contribution in [0, 0.1) is 0 Å². The van der Waals surface area contributed by atoms with E-state index in [9.17, 15) is 0 Å². The summed E-state index contributed by atoms with van der Waals surface area (Å²) < 4.78 is 13.4. The Morgan fingerprint density at radius 2 is 2.44 bits per heavy atom. The lowest BCUT2D eigenvalue weighted by molar-refractivity contribution is -0.0680. The van der Waals surface area contributed by atoms with E-state index in [1.165, 1.54) is 6.42 Å². The average Bonchev–Trinajstić information content (AvgIpc) is 2.77. The number of nitrogens with zero attached hydrogens (tertiary/aromatic N) is 2. The predicted molar refractivity (Wildman–Crippen MR) is 69.1 cm³/mol. The van der Waals surface area contributed by atoms with Crippen LogP contribution in [0.2, 0.25) is 0 Å². The standard InChI is InChI=1S/C13H23N3O2/c1-10(14)13(11-7-15-16(2)8-11)18-9-12-5-3-4-6-17-12/h7-8,10,12-13H,3-6,9,14H2,1-2H3. The van der Waals surface area contributed by atoms with Crippen LogP contribution >= 0.6 is 0 Å². The third kappa shape index (κ3) is 3.54. The number of aromatic nitrogens is 2. The zero-order chi connectivity index (χ0) is 13.0. The molecule has 1 saturated heterocycles. The van der Waals surface area contributed by atoms with Crippen LogP contribution in [0.5, 0.6) is 0 Å². The van der Waals surface area contributed by atoms with Gasteiger partial charge in [0.25, 0.3) is 0 Å². The van der Waals surface area contributed by atoms with E-state index in [1.807, 2.05) is 26.4 Å². The van der Waals surface area contributed by atoms with E-state index in [2.05, 4.69) is 5.10 Å². The van der Waals surface area contributed by atoms with Crippen LogP contribution in [-0.4, -0.2) is 35.1 Å². The molecule has 5 nitrogen and oxygen atoms in total. The second-order valence-corrected chi connectivity index (χ2v) is 5.05. The van der Waals surface area contributed by atoms with Crippen molar-refractivity contribution in [1.82, 2.24) is 9.78 Å². The lowest BCUT2D eigenvalue weighted by atomic mass is 10.1. The van der Waals surface area contributed by atoms with Crippen LogP contribution in [0.25, 0.3) is 0 Å². The Morgan fingerprint density at radius 3 is 3.00 bits per heavy atom. The summed E-state index contributed by atoms with van der Waals surface area (Å²) in [5.74, 6) is 0. The minimum absolute atomic E-state index is 0.0576. The number of nitrogens with two attached hydrogens (primary N) is 1. The van der Waals surface area contributed by atoms with Gasteiger partial charge in [-0.1, -0.05) is 0 Å². The molecule has 0 spiro atoms. The van der Waals surface area contributed by atoms with Crippen molar-refractivity contribution in [1.29, 1.82) is 0 Å². The monoisotopic (exact) mass is 253 g/mol. The summed E-state index contributed by atoms with van der Waals surface area (Å²) in [4.78, 5) is 0. The van der Waals surface area contributed by atoms with Gasteiger partial charge in [0.15, 0.2) is 0 Å². The van der Waals surface area contributed by atoms with Gasteiger partial charge in [-0.25, -0.2) is 0 Å². The van der Waals surface area contributed by atoms with E-state index >= 15 is 0 Å². The fourth-order valence-corrected chi connectivity index (χ4v) is 2.29. The Labute approximate surface area is 108 Å². The highest BCUT2D eigenvalue weighted by molar-refractivity contribution is 5.10. The van der Waals surface area contributed by atoms with Crippen molar-refractivity contribution in [2.24, 2.45) is 12.8 Å². The molecule has 5 heteroatoms. The molecule has 102 valence electrons. The molecule has 1 aromatic rings. The van der Waals surface area contributed by atoms with Gasteiger partial charge in [0.1, 0.15) is 6.10 Å². The van der Waals surface area contributed by atoms with Crippen LogP contribution < -0.4 is 5.73 Å². The zero-order valence-corrected chi connectivity index (χ0v) is 11.2. The molecule has 0 radical (unpaired) electrons. The molecule has 0 saturated carbocycles. The van der Waals surface area contributed by atoms with Gasteiger partial charge in [0.2, 0.25) is 0 Å². The SMILES string of the molecule is CC(N)C(OCC1CCCCO1)c1cnn(C)c1. The maximum absolute atomic E-state index is 5.99. The van der Waals surface area contributed by atoms with Crippen LogP contribution in [0.15, 0.2) is 12.4 Å². The van der Waals surface area contributed by atoms with Crippen molar-refractivity contribution >= 4 is 0 Å². The van der Waals surface area contributed by atoms with Gasteiger partial charge in [-0.15, -0.1) is 0 Å². The molecule has 1 aliphatic heterocycles. The van der Waals surface area contributed by atoms with Gasteiger partial charge in [0, 0.05) is 31.5 Å². The van der Waals surface area contributed by atoms with Crippen LogP contribution in [0.1, 0.15) is 37.9 Å². The molecule has 3 atom stereocenters. The van der Waals surface area contributed by atoms with Crippen LogP contribution in [0.4, 0.5) is 0 Å². The quantitative estimate of drug-likeness (QED) is 0.861. The van der Waals surface area contributed by atoms with Crippen LogP contribution in [-0.2, 0) is 16.5 Å². The van der Waals surface area contributed by atoms with E-state index in [0.717, 1.165) is 25.0 Å². The zero-order valence-electron chi connectivity index (χ0n) is 11.2. The summed E-state index contributed by atoms with van der Waals surface area (Å²) >= 11 is 0. The Balaban J connectivity index is 1.90. The highest BCUT2D eigenvalue weighted by atomic mass is 16.5. The molecule has 2 heterocycles. The normalized spacial score (nSPS) is 23.8. The smallest absolute Gasteiger partial charge is 0.100 e. The average molecular weight is 253 g/mol. The van der Waals surface area contributed by atoms with Crippen molar-refractivity contribution < 1.29 is 9.47 Å². The first-order valence-corrected chi connectivity index (χ1v) is 6.64. The number of hydrogen-bond acceptors (Lipinski definition) is 4. The molecule has 2 rings (SSSR count). The van der Waals surface area contributed by atoms with Crippen molar-refractivity contribution in [3.05, 3.63) is 18.0 Å². The lowest BCUT2D eigenvalue weighted by Gasteiger charge is -2.26. The Morgan fingerprint density at radius 1 is 1.61 bits per heavy atom. The number of aryl methyl sites for hydroxylation is 1. The summed E-state index contributed by atoms with van der Waals surface area (Å²) in [6, 6.07) is -0.0576. The van der Waals surface area contributed by atoms with Crippen molar-refractivity contribution in [2.75, 3.05) is 13.2 Å². The van der Waals surface area contributed by atoms with Gasteiger partial charge < -0.3 is 15.2 Å². The summed E-state index contributed by atoms with van der Waals surface area (Å²) in [6.07, 6.45) is 7.35. The second kappa shape index (κ2) is 6.31. The minimum atomic E-state index is -0.107. The largest absolute Gasteiger partial charge is 0.376 e. The van der Waals surface area contributed by atoms with Gasteiger partial charge in [0.05, 0.1) is 18.9 Å². The highest BCUT2D eigenvalue weighted by Crippen LogP contribution is 2.22. The van der Waals surface area contributed by atoms with E-state index < -0.39 is 0 Å². The van der Waals surface area contributed by atoms with E-state index in [0.29, 0.717) is 6.61 Å². The number of ether oxygens (including phenoxy) is 2.